The van der Waals surface area contributed by atoms with Crippen LogP contribution in [0.3, 0.4) is 0 Å². The van der Waals surface area contributed by atoms with Gasteiger partial charge in [0, 0.05) is 34.7 Å². The van der Waals surface area contributed by atoms with E-state index in [1.54, 1.807) is 6.07 Å². The van der Waals surface area contributed by atoms with E-state index in [1.807, 2.05) is 6.07 Å². The molecule has 1 saturated heterocycles. The Hall–Kier alpha value is -2.17. The van der Waals surface area contributed by atoms with Crippen molar-refractivity contribution in [3.05, 3.63) is 59.9 Å². The summed E-state index contributed by atoms with van der Waals surface area (Å²) in [5, 5.41) is 4.91. The monoisotopic (exact) mass is 433 g/mol. The predicted molar refractivity (Wildman–Crippen MR) is 132 cm³/mol. The number of H-pyrrole nitrogens is 1. The molecule has 5 rings (SSSR count). The van der Waals surface area contributed by atoms with Crippen LogP contribution in [0.4, 0.5) is 4.39 Å². The van der Waals surface area contributed by atoms with Crippen LogP contribution in [0.25, 0.3) is 22.2 Å². The zero-order valence-corrected chi connectivity index (χ0v) is 19.4. The summed E-state index contributed by atoms with van der Waals surface area (Å²) in [6.07, 6.45) is 7.62. The minimum Gasteiger partial charge on any atom is -0.355 e. The van der Waals surface area contributed by atoms with Crippen LogP contribution in [0, 0.1) is 5.82 Å². The van der Waals surface area contributed by atoms with Gasteiger partial charge < -0.3 is 15.2 Å². The third kappa shape index (κ3) is 4.77. The maximum Gasteiger partial charge on any atom is 0.123 e. The van der Waals surface area contributed by atoms with Gasteiger partial charge in [-0.2, -0.15) is 0 Å². The van der Waals surface area contributed by atoms with Crippen LogP contribution < -0.4 is 5.32 Å². The predicted octanol–water partition coefficient (Wildman–Crippen LogP) is 6.46. The lowest BCUT2D eigenvalue weighted by atomic mass is 9.81. The highest BCUT2D eigenvalue weighted by molar-refractivity contribution is 5.85. The molecular weight excluding hydrogens is 397 g/mol. The van der Waals surface area contributed by atoms with Gasteiger partial charge in [0.1, 0.15) is 5.82 Å². The van der Waals surface area contributed by atoms with Crippen molar-refractivity contribution in [2.75, 3.05) is 13.1 Å². The average Bonchev–Trinajstić information content (AvgIpc) is 3.23. The third-order valence-corrected chi connectivity index (χ3v) is 7.71. The Labute approximate surface area is 191 Å². The summed E-state index contributed by atoms with van der Waals surface area (Å²) in [5.74, 6) is 0.449. The lowest BCUT2D eigenvalue weighted by molar-refractivity contribution is 0.151. The fraction of sp³-hybridized carbons (Fsp3) is 0.500. The zero-order valence-electron chi connectivity index (χ0n) is 19.4. The quantitative estimate of drug-likeness (QED) is 0.484. The van der Waals surface area contributed by atoms with E-state index in [0.717, 1.165) is 16.6 Å². The molecule has 1 aliphatic carbocycles. The highest BCUT2D eigenvalue weighted by atomic mass is 19.1. The lowest BCUT2D eigenvalue weighted by Crippen LogP contribution is -2.48. The van der Waals surface area contributed by atoms with Crippen molar-refractivity contribution in [2.45, 2.75) is 76.4 Å². The molecule has 2 N–H and O–H groups in total. The smallest absolute Gasteiger partial charge is 0.123 e. The highest BCUT2D eigenvalue weighted by Crippen LogP contribution is 2.35. The second-order valence-electron chi connectivity index (χ2n) is 10.2. The van der Waals surface area contributed by atoms with Crippen molar-refractivity contribution in [1.29, 1.82) is 0 Å². The molecule has 0 atom stereocenters. The maximum atomic E-state index is 13.6. The first-order chi connectivity index (χ1) is 15.5. The number of benzene rings is 2. The summed E-state index contributed by atoms with van der Waals surface area (Å²) in [5.41, 5.74) is 4.68. The first kappa shape index (κ1) is 21.7. The molecule has 1 saturated carbocycles. The molecule has 0 spiro atoms. The number of hydrogen-bond donors (Lipinski definition) is 2. The second kappa shape index (κ2) is 9.36. The van der Waals surface area contributed by atoms with Gasteiger partial charge >= 0.3 is 0 Å². The van der Waals surface area contributed by atoms with Crippen molar-refractivity contribution in [2.24, 2.45) is 0 Å². The third-order valence-electron chi connectivity index (χ3n) is 7.71. The standard InChI is InChI=1S/C28H36FN3/c1-19(2)32-14-12-26(13-15-32)30-25-9-6-20(7-10-25)21-4-3-5-22(16-21)28-18-23-17-24(29)8-11-27(23)31-28/h3-5,8,11,16-20,25-26,30-31H,6-7,9-10,12-15H2,1-2H3/t20-,25+. The molecule has 3 nitrogen and oxygen atoms in total. The van der Waals surface area contributed by atoms with Gasteiger partial charge in [-0.15, -0.1) is 0 Å². The van der Waals surface area contributed by atoms with E-state index in [9.17, 15) is 4.39 Å². The molecule has 1 aromatic heterocycles. The van der Waals surface area contributed by atoms with E-state index in [-0.39, 0.29) is 5.82 Å². The van der Waals surface area contributed by atoms with Crippen molar-refractivity contribution >= 4 is 10.9 Å². The number of hydrogen-bond acceptors (Lipinski definition) is 2. The van der Waals surface area contributed by atoms with Crippen molar-refractivity contribution in [3.8, 4) is 11.3 Å². The van der Waals surface area contributed by atoms with E-state index < -0.39 is 0 Å². The summed E-state index contributed by atoms with van der Waals surface area (Å²) in [6, 6.07) is 18.0. The maximum absolute atomic E-state index is 13.6. The summed E-state index contributed by atoms with van der Waals surface area (Å²) in [7, 11) is 0. The van der Waals surface area contributed by atoms with Crippen molar-refractivity contribution < 1.29 is 4.39 Å². The SMILES string of the molecule is CC(C)N1CCC(N[C@H]2CC[C@@H](c3cccc(-c4cc5cc(F)ccc5[nH]4)c3)CC2)CC1. The van der Waals surface area contributed by atoms with E-state index in [0.29, 0.717) is 24.0 Å². The summed E-state index contributed by atoms with van der Waals surface area (Å²) < 4.78 is 13.6. The van der Waals surface area contributed by atoms with Gasteiger partial charge in [-0.25, -0.2) is 4.39 Å². The normalized spacial score (nSPS) is 23.2. The van der Waals surface area contributed by atoms with Crippen LogP contribution in [-0.2, 0) is 0 Å². The van der Waals surface area contributed by atoms with Crippen LogP contribution in [0.1, 0.15) is 63.9 Å². The first-order valence-electron chi connectivity index (χ1n) is 12.4. The number of fused-ring (bicyclic) bond motifs is 1. The molecule has 2 heterocycles. The van der Waals surface area contributed by atoms with Gasteiger partial charge in [0.2, 0.25) is 0 Å². The van der Waals surface area contributed by atoms with Crippen LogP contribution >= 0.6 is 0 Å². The number of aromatic amines is 1. The van der Waals surface area contributed by atoms with Gasteiger partial charge in [0.05, 0.1) is 0 Å². The Morgan fingerprint density at radius 2 is 1.66 bits per heavy atom. The minimum absolute atomic E-state index is 0.187. The Balaban J connectivity index is 1.19. The minimum atomic E-state index is -0.187. The van der Waals surface area contributed by atoms with E-state index in [1.165, 1.54) is 68.8 Å². The molecule has 0 radical (unpaired) electrons. The van der Waals surface area contributed by atoms with Crippen LogP contribution in [0.2, 0.25) is 0 Å². The topological polar surface area (TPSA) is 31.1 Å². The zero-order chi connectivity index (χ0) is 22.1. The van der Waals surface area contributed by atoms with Gasteiger partial charge in [-0.1, -0.05) is 18.2 Å². The molecule has 0 amide bonds. The second-order valence-corrected chi connectivity index (χ2v) is 10.2. The van der Waals surface area contributed by atoms with Gasteiger partial charge in [-0.05, 0) is 113 Å². The van der Waals surface area contributed by atoms with E-state index in [2.05, 4.69) is 59.4 Å². The Morgan fingerprint density at radius 3 is 2.41 bits per heavy atom. The molecule has 1 aliphatic heterocycles. The fourth-order valence-electron chi connectivity index (χ4n) is 5.73. The number of aromatic nitrogens is 1. The number of nitrogens with zero attached hydrogens (tertiary/aromatic N) is 1. The summed E-state index contributed by atoms with van der Waals surface area (Å²) in [6.45, 7) is 7.08. The number of likely N-dealkylation sites (tertiary alicyclic amines) is 1. The molecule has 3 aromatic rings. The number of nitrogens with one attached hydrogen (secondary N) is 2. The van der Waals surface area contributed by atoms with E-state index >= 15 is 0 Å². The molecule has 2 aliphatic rings. The number of halogens is 1. The van der Waals surface area contributed by atoms with Crippen molar-refractivity contribution in [1.82, 2.24) is 15.2 Å². The summed E-state index contributed by atoms with van der Waals surface area (Å²) in [4.78, 5) is 6.05. The highest BCUT2D eigenvalue weighted by Gasteiger charge is 2.27. The molecular formula is C28H36FN3. The molecule has 32 heavy (non-hydrogen) atoms. The van der Waals surface area contributed by atoms with E-state index in [4.69, 9.17) is 0 Å². The molecule has 2 fully saturated rings. The number of piperidine rings is 1. The Bertz CT molecular complexity index is 1040. The van der Waals surface area contributed by atoms with Gasteiger partial charge in [0.25, 0.3) is 0 Å². The number of rotatable bonds is 5. The Kier molecular flexibility index (Phi) is 6.34. The molecule has 4 heteroatoms. The van der Waals surface area contributed by atoms with Crippen molar-refractivity contribution in [3.63, 3.8) is 0 Å². The average molecular weight is 434 g/mol. The van der Waals surface area contributed by atoms with Crippen LogP contribution in [0.5, 0.6) is 0 Å². The lowest BCUT2D eigenvalue weighted by Gasteiger charge is -2.38. The first-order valence-corrected chi connectivity index (χ1v) is 12.4. The van der Waals surface area contributed by atoms with Gasteiger partial charge in [0.15, 0.2) is 0 Å². The Morgan fingerprint density at radius 1 is 0.906 bits per heavy atom. The molecule has 0 bridgehead atoms. The molecule has 0 unspecified atom stereocenters. The van der Waals surface area contributed by atoms with Crippen LogP contribution in [0.15, 0.2) is 48.5 Å². The molecule has 2 aromatic carbocycles. The summed E-state index contributed by atoms with van der Waals surface area (Å²) >= 11 is 0. The fourth-order valence-corrected chi connectivity index (χ4v) is 5.73. The van der Waals surface area contributed by atoms with Gasteiger partial charge in [-0.3, -0.25) is 0 Å². The molecule has 170 valence electrons. The van der Waals surface area contributed by atoms with Crippen LogP contribution in [-0.4, -0.2) is 41.1 Å². The largest absolute Gasteiger partial charge is 0.355 e.